The number of carbonyl (C=O) groups excluding carboxylic acids is 1. The molecule has 0 unspecified atom stereocenters. The quantitative estimate of drug-likeness (QED) is 0.548. The van der Waals surface area contributed by atoms with Gasteiger partial charge in [0.2, 0.25) is 5.91 Å². The highest BCUT2D eigenvalue weighted by Gasteiger charge is 2.03. The van der Waals surface area contributed by atoms with Crippen LogP contribution in [-0.2, 0) is 4.79 Å². The summed E-state index contributed by atoms with van der Waals surface area (Å²) in [5.74, 6) is -0.357. The van der Waals surface area contributed by atoms with Crippen molar-refractivity contribution in [3.05, 3.63) is 23.9 Å². The van der Waals surface area contributed by atoms with E-state index in [1.165, 1.54) is 0 Å². The van der Waals surface area contributed by atoms with Crippen molar-refractivity contribution in [2.75, 3.05) is 13.6 Å². The smallest absolute Gasteiger partial charge is 0.248 e. The predicted molar refractivity (Wildman–Crippen MR) is 39.0 cm³/mol. The molecule has 0 saturated carbocycles. The van der Waals surface area contributed by atoms with Gasteiger partial charge in [-0.2, -0.15) is 0 Å². The summed E-state index contributed by atoms with van der Waals surface area (Å²) in [6.45, 7) is 0.759. The summed E-state index contributed by atoms with van der Waals surface area (Å²) in [4.78, 5) is 12.5. The third-order valence-corrected chi connectivity index (χ3v) is 1.39. The summed E-state index contributed by atoms with van der Waals surface area (Å²) in [5.41, 5.74) is 5.63. The van der Waals surface area contributed by atoms with Gasteiger partial charge in [-0.1, -0.05) is 6.08 Å². The third-order valence-electron chi connectivity index (χ3n) is 1.39. The van der Waals surface area contributed by atoms with E-state index in [2.05, 4.69) is 0 Å². The zero-order valence-electron chi connectivity index (χ0n) is 5.87. The Kier molecular flexibility index (Phi) is 1.76. The van der Waals surface area contributed by atoms with Crippen LogP contribution < -0.4 is 5.73 Å². The van der Waals surface area contributed by atoms with Gasteiger partial charge in [-0.25, -0.2) is 0 Å². The molecule has 0 saturated heterocycles. The van der Waals surface area contributed by atoms with Crippen LogP contribution in [-0.4, -0.2) is 24.4 Å². The Hall–Kier alpha value is -1.25. The highest BCUT2D eigenvalue weighted by atomic mass is 16.1. The van der Waals surface area contributed by atoms with Gasteiger partial charge in [-0.3, -0.25) is 4.79 Å². The minimum Gasteiger partial charge on any atom is -0.377 e. The molecule has 1 rings (SSSR count). The van der Waals surface area contributed by atoms with E-state index in [0.717, 1.165) is 6.54 Å². The number of carbonyl (C=O) groups is 1. The van der Waals surface area contributed by atoms with Crippen LogP contribution in [0.5, 0.6) is 0 Å². The molecular weight excluding hydrogens is 128 g/mol. The summed E-state index contributed by atoms with van der Waals surface area (Å²) in [5, 5.41) is 0. The molecule has 0 aromatic rings. The van der Waals surface area contributed by atoms with Crippen molar-refractivity contribution in [2.24, 2.45) is 5.73 Å². The van der Waals surface area contributed by atoms with Gasteiger partial charge in [0, 0.05) is 19.2 Å². The maximum absolute atomic E-state index is 10.5. The molecule has 1 amide bonds. The van der Waals surface area contributed by atoms with E-state index >= 15 is 0 Å². The molecule has 54 valence electrons. The van der Waals surface area contributed by atoms with Gasteiger partial charge in [0.25, 0.3) is 0 Å². The van der Waals surface area contributed by atoms with E-state index in [9.17, 15) is 4.79 Å². The maximum atomic E-state index is 10.5. The van der Waals surface area contributed by atoms with Crippen LogP contribution in [0.4, 0.5) is 0 Å². The summed E-state index contributed by atoms with van der Waals surface area (Å²) >= 11 is 0. The second-order valence-electron chi connectivity index (χ2n) is 2.28. The fraction of sp³-hybridized carbons (Fsp3) is 0.286. The van der Waals surface area contributed by atoms with Crippen LogP contribution in [0.25, 0.3) is 0 Å². The van der Waals surface area contributed by atoms with E-state index < -0.39 is 0 Å². The molecule has 1 heterocycles. The van der Waals surface area contributed by atoms with E-state index in [1.807, 2.05) is 24.2 Å². The first-order chi connectivity index (χ1) is 4.70. The molecule has 3 heteroatoms. The number of nitrogens with zero attached hydrogens (tertiary/aromatic N) is 1. The summed E-state index contributed by atoms with van der Waals surface area (Å²) in [6.07, 6.45) is 5.36. The summed E-state index contributed by atoms with van der Waals surface area (Å²) < 4.78 is 0. The molecule has 1 aliphatic rings. The fourth-order valence-corrected chi connectivity index (χ4v) is 0.762. The summed E-state index contributed by atoms with van der Waals surface area (Å²) in [6, 6.07) is 0. The van der Waals surface area contributed by atoms with E-state index in [1.54, 1.807) is 6.08 Å². The molecule has 1 aliphatic heterocycles. The van der Waals surface area contributed by atoms with Gasteiger partial charge in [-0.05, 0) is 12.3 Å². The van der Waals surface area contributed by atoms with Crippen LogP contribution >= 0.6 is 0 Å². The van der Waals surface area contributed by atoms with Crippen LogP contribution in [0.2, 0.25) is 0 Å². The lowest BCUT2D eigenvalue weighted by Gasteiger charge is -2.15. The van der Waals surface area contributed by atoms with Crippen molar-refractivity contribution in [2.45, 2.75) is 0 Å². The molecule has 0 aromatic heterocycles. The van der Waals surface area contributed by atoms with E-state index in [-0.39, 0.29) is 5.91 Å². The lowest BCUT2D eigenvalue weighted by Crippen LogP contribution is -2.20. The lowest BCUT2D eigenvalue weighted by atomic mass is 10.2. The lowest BCUT2D eigenvalue weighted by molar-refractivity contribution is -0.114. The third kappa shape index (κ3) is 1.37. The SMILES string of the molecule is CN1C=CC(C(N)=O)=CC1. The normalized spacial score (nSPS) is 16.9. The molecular formula is C7H10N2O. The van der Waals surface area contributed by atoms with Crippen LogP contribution in [0.3, 0.4) is 0 Å². The van der Waals surface area contributed by atoms with E-state index in [0.29, 0.717) is 5.57 Å². The van der Waals surface area contributed by atoms with E-state index in [4.69, 9.17) is 5.73 Å². The molecule has 2 N–H and O–H groups in total. The Labute approximate surface area is 59.8 Å². The van der Waals surface area contributed by atoms with Crippen molar-refractivity contribution in [3.8, 4) is 0 Å². The predicted octanol–water partition coefficient (Wildman–Crippen LogP) is -0.143. The second-order valence-corrected chi connectivity index (χ2v) is 2.28. The van der Waals surface area contributed by atoms with Crippen molar-refractivity contribution < 1.29 is 4.79 Å². The number of amides is 1. The average Bonchev–Trinajstić information content (AvgIpc) is 1.88. The standard InChI is InChI=1S/C7H10N2O/c1-9-4-2-6(3-5-9)7(8)10/h2-4H,5H2,1H3,(H2,8,10). The number of nitrogens with two attached hydrogens (primary N) is 1. The Bertz CT molecular complexity index is 206. The Morgan fingerprint density at radius 2 is 2.50 bits per heavy atom. The number of hydrogen-bond acceptors (Lipinski definition) is 2. The van der Waals surface area contributed by atoms with Gasteiger partial charge in [0.05, 0.1) is 0 Å². The molecule has 0 aromatic carbocycles. The number of primary amides is 1. The minimum atomic E-state index is -0.357. The van der Waals surface area contributed by atoms with Crippen molar-refractivity contribution >= 4 is 5.91 Å². The van der Waals surface area contributed by atoms with Gasteiger partial charge in [0.1, 0.15) is 0 Å². The molecule has 0 bridgehead atoms. The maximum Gasteiger partial charge on any atom is 0.248 e. The number of rotatable bonds is 1. The molecule has 0 fully saturated rings. The molecule has 0 atom stereocenters. The van der Waals surface area contributed by atoms with Crippen LogP contribution in [0.1, 0.15) is 0 Å². The molecule has 0 spiro atoms. The number of hydrogen-bond donors (Lipinski definition) is 1. The highest BCUT2D eigenvalue weighted by molar-refractivity contribution is 5.94. The molecule has 0 aliphatic carbocycles. The average molecular weight is 138 g/mol. The monoisotopic (exact) mass is 138 g/mol. The first kappa shape index (κ1) is 6.86. The first-order valence-electron chi connectivity index (χ1n) is 3.08. The van der Waals surface area contributed by atoms with Gasteiger partial charge in [0.15, 0.2) is 0 Å². The fourth-order valence-electron chi connectivity index (χ4n) is 0.762. The molecule has 0 radical (unpaired) electrons. The van der Waals surface area contributed by atoms with Crippen LogP contribution in [0.15, 0.2) is 23.9 Å². The Balaban J connectivity index is 2.67. The Morgan fingerprint density at radius 3 is 2.90 bits per heavy atom. The van der Waals surface area contributed by atoms with Crippen LogP contribution in [0, 0.1) is 0 Å². The topological polar surface area (TPSA) is 46.3 Å². The van der Waals surface area contributed by atoms with Crippen molar-refractivity contribution in [1.82, 2.24) is 4.90 Å². The number of likely N-dealkylation sites (N-methyl/N-ethyl adjacent to an activating group) is 1. The van der Waals surface area contributed by atoms with Crippen molar-refractivity contribution in [3.63, 3.8) is 0 Å². The molecule has 3 nitrogen and oxygen atoms in total. The second kappa shape index (κ2) is 2.56. The molecule has 10 heavy (non-hydrogen) atoms. The highest BCUT2D eigenvalue weighted by Crippen LogP contribution is 2.03. The largest absolute Gasteiger partial charge is 0.377 e. The zero-order valence-corrected chi connectivity index (χ0v) is 5.87. The van der Waals surface area contributed by atoms with Gasteiger partial charge in [-0.15, -0.1) is 0 Å². The minimum absolute atomic E-state index is 0.357. The summed E-state index contributed by atoms with van der Waals surface area (Å²) in [7, 11) is 1.94. The van der Waals surface area contributed by atoms with Gasteiger partial charge >= 0.3 is 0 Å². The first-order valence-corrected chi connectivity index (χ1v) is 3.08. The zero-order chi connectivity index (χ0) is 7.56. The van der Waals surface area contributed by atoms with Gasteiger partial charge < -0.3 is 10.6 Å². The van der Waals surface area contributed by atoms with Crippen molar-refractivity contribution in [1.29, 1.82) is 0 Å². The Morgan fingerprint density at radius 1 is 1.80 bits per heavy atom.